The van der Waals surface area contributed by atoms with Crippen molar-refractivity contribution in [1.29, 1.82) is 0 Å². The van der Waals surface area contributed by atoms with Gasteiger partial charge in [0.25, 0.3) is 11.5 Å². The summed E-state index contributed by atoms with van der Waals surface area (Å²) < 4.78 is 1.33. The summed E-state index contributed by atoms with van der Waals surface area (Å²) in [5.41, 5.74) is 0.809. The van der Waals surface area contributed by atoms with Crippen molar-refractivity contribution in [2.45, 2.75) is 20.0 Å². The van der Waals surface area contributed by atoms with Crippen molar-refractivity contribution in [2.75, 3.05) is 6.54 Å². The third-order valence-electron chi connectivity index (χ3n) is 2.87. The van der Waals surface area contributed by atoms with Gasteiger partial charge in [0.1, 0.15) is 5.56 Å². The van der Waals surface area contributed by atoms with Crippen LogP contribution in [0.2, 0.25) is 0 Å². The number of carbonyl (C=O) groups is 1. The summed E-state index contributed by atoms with van der Waals surface area (Å²) in [6.07, 6.45) is -0.658. The molecule has 0 aliphatic carbocycles. The quantitative estimate of drug-likeness (QED) is 0.763. The Hall–Kier alpha value is -2.34. The zero-order valence-corrected chi connectivity index (χ0v) is 11.4. The first kappa shape index (κ1) is 14.1. The topological polar surface area (TPSA) is 87.1 Å². The normalized spacial score (nSPS) is 12.2. The molecule has 0 radical (unpaired) electrons. The van der Waals surface area contributed by atoms with E-state index in [-0.39, 0.29) is 12.1 Å². The molecule has 106 valence electrons. The fourth-order valence-corrected chi connectivity index (χ4v) is 1.90. The molecule has 1 amide bonds. The van der Waals surface area contributed by atoms with Crippen LogP contribution < -0.4 is 10.9 Å². The van der Waals surface area contributed by atoms with Gasteiger partial charge in [-0.25, -0.2) is 4.68 Å². The summed E-state index contributed by atoms with van der Waals surface area (Å²) in [5.74, 6) is -0.487. The van der Waals surface area contributed by atoms with Crippen LogP contribution in [-0.2, 0) is 0 Å². The van der Waals surface area contributed by atoms with Gasteiger partial charge in [0.2, 0.25) is 0 Å². The van der Waals surface area contributed by atoms with Crippen LogP contribution in [0.1, 0.15) is 23.0 Å². The molecule has 0 saturated carbocycles. The van der Waals surface area contributed by atoms with Gasteiger partial charge in [0, 0.05) is 12.2 Å². The standard InChI is InChI=1S/C14H17N3O3/c1-9(18)8-15-13(19)12-10(2)16-17(14(12)20)11-6-4-3-5-7-11/h3-7,9,16,18H,8H2,1-2H3,(H,15,19)/t9-/m1/s1. The van der Waals surface area contributed by atoms with Crippen molar-refractivity contribution in [2.24, 2.45) is 0 Å². The number of aryl methyl sites for hydroxylation is 1. The molecule has 0 spiro atoms. The second-order valence-corrected chi connectivity index (χ2v) is 4.65. The lowest BCUT2D eigenvalue weighted by Gasteiger charge is -2.05. The van der Waals surface area contributed by atoms with Crippen LogP contribution in [0, 0.1) is 6.92 Å². The molecule has 6 nitrogen and oxygen atoms in total. The number of H-pyrrole nitrogens is 1. The predicted molar refractivity (Wildman–Crippen MR) is 75.1 cm³/mol. The van der Waals surface area contributed by atoms with Crippen LogP contribution in [0.5, 0.6) is 0 Å². The van der Waals surface area contributed by atoms with Crippen LogP contribution in [0.15, 0.2) is 35.1 Å². The molecular weight excluding hydrogens is 258 g/mol. The van der Waals surface area contributed by atoms with Crippen LogP contribution in [0.4, 0.5) is 0 Å². The molecule has 0 fully saturated rings. The Morgan fingerprint density at radius 1 is 1.40 bits per heavy atom. The van der Waals surface area contributed by atoms with Gasteiger partial charge in [-0.3, -0.25) is 14.7 Å². The highest BCUT2D eigenvalue weighted by molar-refractivity contribution is 5.95. The number of para-hydroxylation sites is 1. The van der Waals surface area contributed by atoms with E-state index in [4.69, 9.17) is 5.11 Å². The molecule has 2 aromatic rings. The molecule has 2 rings (SSSR count). The Labute approximate surface area is 116 Å². The van der Waals surface area contributed by atoms with E-state index in [9.17, 15) is 9.59 Å². The van der Waals surface area contributed by atoms with Gasteiger partial charge < -0.3 is 10.4 Å². The molecule has 0 unspecified atom stereocenters. The minimum absolute atomic E-state index is 0.0644. The first-order chi connectivity index (χ1) is 9.50. The molecule has 1 aromatic carbocycles. The summed E-state index contributed by atoms with van der Waals surface area (Å²) >= 11 is 0. The van der Waals surface area contributed by atoms with E-state index >= 15 is 0 Å². The van der Waals surface area contributed by atoms with Crippen LogP contribution in [0.25, 0.3) is 5.69 Å². The molecule has 0 saturated heterocycles. The van der Waals surface area contributed by atoms with Crippen LogP contribution in [0.3, 0.4) is 0 Å². The lowest BCUT2D eigenvalue weighted by Crippen LogP contribution is -2.34. The average molecular weight is 275 g/mol. The summed E-state index contributed by atoms with van der Waals surface area (Å²) in [7, 11) is 0. The maximum Gasteiger partial charge on any atom is 0.284 e. The van der Waals surface area contributed by atoms with Crippen molar-refractivity contribution in [3.05, 3.63) is 51.9 Å². The zero-order chi connectivity index (χ0) is 14.7. The van der Waals surface area contributed by atoms with E-state index in [0.29, 0.717) is 11.4 Å². The third kappa shape index (κ3) is 2.80. The summed E-state index contributed by atoms with van der Waals surface area (Å²) in [4.78, 5) is 24.3. The van der Waals surface area contributed by atoms with E-state index in [1.54, 1.807) is 26.0 Å². The first-order valence-electron chi connectivity index (χ1n) is 6.34. The molecule has 20 heavy (non-hydrogen) atoms. The highest BCUT2D eigenvalue weighted by Crippen LogP contribution is 2.06. The van der Waals surface area contributed by atoms with Crippen molar-refractivity contribution in [3.63, 3.8) is 0 Å². The van der Waals surface area contributed by atoms with Crippen LogP contribution in [-0.4, -0.2) is 33.4 Å². The number of aliphatic hydroxyl groups excluding tert-OH is 1. The van der Waals surface area contributed by atoms with Gasteiger partial charge >= 0.3 is 0 Å². The number of aromatic amines is 1. The van der Waals surface area contributed by atoms with E-state index in [0.717, 1.165) is 0 Å². The van der Waals surface area contributed by atoms with Crippen molar-refractivity contribution in [3.8, 4) is 5.69 Å². The highest BCUT2D eigenvalue weighted by atomic mass is 16.3. The monoisotopic (exact) mass is 275 g/mol. The van der Waals surface area contributed by atoms with E-state index in [1.807, 2.05) is 18.2 Å². The number of carbonyl (C=O) groups excluding carboxylic acids is 1. The number of benzene rings is 1. The molecule has 0 bridgehead atoms. The second-order valence-electron chi connectivity index (χ2n) is 4.65. The Morgan fingerprint density at radius 2 is 2.05 bits per heavy atom. The van der Waals surface area contributed by atoms with Gasteiger partial charge in [0.05, 0.1) is 11.8 Å². The second kappa shape index (κ2) is 5.75. The van der Waals surface area contributed by atoms with Gasteiger partial charge in [-0.15, -0.1) is 0 Å². The molecule has 1 aromatic heterocycles. The minimum Gasteiger partial charge on any atom is -0.392 e. The number of nitrogens with one attached hydrogen (secondary N) is 2. The number of hydrogen-bond donors (Lipinski definition) is 3. The number of aliphatic hydroxyl groups is 1. The Bertz CT molecular complexity index is 656. The van der Waals surface area contributed by atoms with Gasteiger partial charge in [-0.1, -0.05) is 18.2 Å². The Kier molecular flexibility index (Phi) is 4.05. The summed E-state index contributed by atoms with van der Waals surface area (Å²) in [5, 5.41) is 14.6. The van der Waals surface area contributed by atoms with E-state index in [1.165, 1.54) is 4.68 Å². The average Bonchev–Trinajstić information content (AvgIpc) is 2.72. The minimum atomic E-state index is -0.658. The van der Waals surface area contributed by atoms with E-state index in [2.05, 4.69) is 10.4 Å². The number of amides is 1. The zero-order valence-electron chi connectivity index (χ0n) is 11.4. The van der Waals surface area contributed by atoms with Crippen LogP contribution >= 0.6 is 0 Å². The maximum absolute atomic E-state index is 12.3. The molecule has 0 aliphatic rings. The van der Waals surface area contributed by atoms with Crippen molar-refractivity contribution in [1.82, 2.24) is 15.1 Å². The fraction of sp³-hybridized carbons (Fsp3) is 0.286. The van der Waals surface area contributed by atoms with Gasteiger partial charge in [-0.05, 0) is 26.0 Å². The van der Waals surface area contributed by atoms with E-state index < -0.39 is 17.6 Å². The number of aromatic nitrogens is 2. The number of rotatable bonds is 4. The maximum atomic E-state index is 12.3. The molecule has 0 aliphatic heterocycles. The van der Waals surface area contributed by atoms with Gasteiger partial charge in [-0.2, -0.15) is 0 Å². The SMILES string of the molecule is Cc1[nH]n(-c2ccccc2)c(=O)c1C(=O)NC[C@@H](C)O. The largest absolute Gasteiger partial charge is 0.392 e. The summed E-state index contributed by atoms with van der Waals surface area (Å²) in [6, 6.07) is 9.01. The lowest BCUT2D eigenvalue weighted by molar-refractivity contribution is 0.0922. The molecule has 3 N–H and O–H groups in total. The molecule has 1 atom stereocenters. The highest BCUT2D eigenvalue weighted by Gasteiger charge is 2.19. The number of nitrogens with zero attached hydrogens (tertiary/aromatic N) is 1. The molecule has 6 heteroatoms. The first-order valence-corrected chi connectivity index (χ1v) is 6.34. The molecular formula is C14H17N3O3. The van der Waals surface area contributed by atoms with Gasteiger partial charge in [0.15, 0.2) is 0 Å². The fourth-order valence-electron chi connectivity index (χ4n) is 1.90. The summed E-state index contributed by atoms with van der Waals surface area (Å²) in [6.45, 7) is 3.33. The lowest BCUT2D eigenvalue weighted by atomic mass is 10.2. The third-order valence-corrected chi connectivity index (χ3v) is 2.87. The molecule has 1 heterocycles. The smallest absolute Gasteiger partial charge is 0.284 e. The Morgan fingerprint density at radius 3 is 2.65 bits per heavy atom. The van der Waals surface area contributed by atoms with Crippen molar-refractivity contribution >= 4 is 5.91 Å². The number of hydrogen-bond acceptors (Lipinski definition) is 3. The Balaban J connectivity index is 2.35. The van der Waals surface area contributed by atoms with Crippen molar-refractivity contribution < 1.29 is 9.90 Å². The predicted octanol–water partition coefficient (Wildman–Crippen LogP) is 0.585.